The molecule has 2 atom stereocenters. The largest absolute Gasteiger partial charge is 0.477 e. The molecule has 2 aliphatic heterocycles. The molecule has 0 bridgehead atoms. The number of hydrogen-bond acceptors (Lipinski definition) is 11. The lowest BCUT2D eigenvalue weighted by molar-refractivity contribution is -0.150. The Labute approximate surface area is 210 Å². The van der Waals surface area contributed by atoms with Crippen molar-refractivity contribution < 1.29 is 24.3 Å². The van der Waals surface area contributed by atoms with Crippen molar-refractivity contribution in [1.82, 2.24) is 20.2 Å². The maximum absolute atomic E-state index is 13.0. The second-order valence-electron chi connectivity index (χ2n) is 7.63. The van der Waals surface area contributed by atoms with Gasteiger partial charge < -0.3 is 21.0 Å². The molecule has 2 amide bonds. The maximum Gasteiger partial charge on any atom is 0.352 e. The van der Waals surface area contributed by atoms with Crippen molar-refractivity contribution in [3.8, 4) is 0 Å². The second kappa shape index (κ2) is 9.28. The minimum Gasteiger partial charge on any atom is -0.477 e. The fraction of sp³-hybridized carbons (Fsp3) is 0.238. The number of nitrogens with one attached hydrogen (secondary N) is 1. The zero-order valence-electron chi connectivity index (χ0n) is 18.1. The molecule has 0 spiro atoms. The van der Waals surface area contributed by atoms with E-state index in [0.717, 1.165) is 27.8 Å². The first-order chi connectivity index (χ1) is 16.9. The summed E-state index contributed by atoms with van der Waals surface area (Å²) in [7, 11) is 1.29. The Morgan fingerprint density at radius 1 is 1.37 bits per heavy atom. The molecule has 35 heavy (non-hydrogen) atoms. The molecule has 11 nitrogen and oxygen atoms in total. The van der Waals surface area contributed by atoms with Crippen LogP contribution in [0.2, 0.25) is 0 Å². The minimum absolute atomic E-state index is 0.0394. The number of carboxylic acids is 1. The molecule has 14 heteroatoms. The Morgan fingerprint density at radius 2 is 2.20 bits per heavy atom. The van der Waals surface area contributed by atoms with Gasteiger partial charge >= 0.3 is 5.97 Å². The quantitative estimate of drug-likeness (QED) is 0.234. The highest BCUT2D eigenvalue weighted by Crippen LogP contribution is 2.41. The van der Waals surface area contributed by atoms with Crippen LogP contribution in [0.1, 0.15) is 11.3 Å². The summed E-state index contributed by atoms with van der Waals surface area (Å²) in [6.07, 6.45) is 2.08. The number of carbonyl (C=O) groups excluding carboxylic acids is 2. The summed E-state index contributed by atoms with van der Waals surface area (Å²) < 4.78 is 0. The summed E-state index contributed by atoms with van der Waals surface area (Å²) in [5, 5.41) is 22.5. The highest BCUT2D eigenvalue weighted by molar-refractivity contribution is 8.00. The Morgan fingerprint density at radius 3 is 2.91 bits per heavy atom. The van der Waals surface area contributed by atoms with Gasteiger partial charge in [-0.05, 0) is 23.6 Å². The van der Waals surface area contributed by atoms with Crippen molar-refractivity contribution in [1.29, 1.82) is 0 Å². The van der Waals surface area contributed by atoms with Gasteiger partial charge in [-0.1, -0.05) is 5.16 Å². The first kappa shape index (κ1) is 23.3. The van der Waals surface area contributed by atoms with Crippen LogP contribution in [0.25, 0.3) is 10.9 Å². The lowest BCUT2D eigenvalue weighted by Gasteiger charge is -2.49. The molecular weight excluding hydrogens is 512 g/mol. The molecule has 5 rings (SSSR count). The van der Waals surface area contributed by atoms with E-state index in [1.807, 2.05) is 16.8 Å². The zero-order chi connectivity index (χ0) is 24.7. The molecule has 2 aliphatic rings. The first-order valence-electron chi connectivity index (χ1n) is 10.2. The Bertz CT molecular complexity index is 1410. The third-order valence-corrected chi connectivity index (χ3v) is 8.32. The van der Waals surface area contributed by atoms with Crippen LogP contribution < -0.4 is 11.1 Å². The number of anilines is 1. The van der Waals surface area contributed by atoms with Crippen LogP contribution in [-0.4, -0.2) is 67.7 Å². The van der Waals surface area contributed by atoms with Crippen LogP contribution >= 0.6 is 34.4 Å². The SMILES string of the molecule is CON=C(C(=O)NC1C(=O)N2C(C(=O)O)=C(Cc3ccnc4cscc34)CS[C@@H]12)c1csc(N)n1. The molecule has 1 fully saturated rings. The van der Waals surface area contributed by atoms with E-state index >= 15 is 0 Å². The van der Waals surface area contributed by atoms with E-state index in [1.165, 1.54) is 35.1 Å². The molecule has 0 aliphatic carbocycles. The molecule has 0 radical (unpaired) electrons. The third kappa shape index (κ3) is 4.13. The number of aromatic nitrogens is 2. The van der Waals surface area contributed by atoms with Crippen LogP contribution in [0.4, 0.5) is 5.13 Å². The number of aliphatic carboxylic acids is 1. The van der Waals surface area contributed by atoms with Gasteiger partial charge in [0.05, 0.1) is 5.52 Å². The smallest absolute Gasteiger partial charge is 0.352 e. The Hall–Kier alpha value is -3.49. The van der Waals surface area contributed by atoms with Crippen molar-refractivity contribution in [2.75, 3.05) is 18.6 Å². The van der Waals surface area contributed by atoms with E-state index < -0.39 is 29.2 Å². The van der Waals surface area contributed by atoms with Gasteiger partial charge in [0.1, 0.15) is 29.9 Å². The van der Waals surface area contributed by atoms with Crippen LogP contribution in [-0.2, 0) is 25.6 Å². The van der Waals surface area contributed by atoms with Crippen molar-refractivity contribution >= 4 is 74.0 Å². The number of pyridine rings is 1. The summed E-state index contributed by atoms with van der Waals surface area (Å²) in [4.78, 5) is 52.5. The van der Waals surface area contributed by atoms with Crippen molar-refractivity contribution in [3.05, 3.63) is 50.9 Å². The van der Waals surface area contributed by atoms with Crippen LogP contribution in [0.5, 0.6) is 0 Å². The highest BCUT2D eigenvalue weighted by Gasteiger charge is 2.54. The second-order valence-corrected chi connectivity index (χ2v) is 10.4. The van der Waals surface area contributed by atoms with Gasteiger partial charge in [0.2, 0.25) is 0 Å². The average Bonchev–Trinajstić information content (AvgIpc) is 3.49. The van der Waals surface area contributed by atoms with Crippen LogP contribution in [0.3, 0.4) is 0 Å². The van der Waals surface area contributed by atoms with Crippen LogP contribution in [0, 0.1) is 0 Å². The number of β-lactam (4-membered cyclic amide) rings is 1. The lowest BCUT2D eigenvalue weighted by atomic mass is 9.98. The van der Waals surface area contributed by atoms with E-state index in [9.17, 15) is 19.5 Å². The standard InChI is InChI=1S/C21H18N6O5S3/c1-32-26-14(13-8-35-21(22)24-13)17(28)25-15-18(29)27-16(20(30)31)10(5-34-19(15)27)4-9-2-3-23-12-7-33-6-11(9)12/h2-3,6-8,15,19H,4-5H2,1H3,(H2,22,24)(H,25,28)(H,30,31)/t15?,19-/m0/s1. The van der Waals surface area contributed by atoms with Gasteiger partial charge in [-0.25, -0.2) is 9.78 Å². The number of thiophene rings is 1. The molecule has 0 saturated carbocycles. The molecule has 0 aromatic carbocycles. The average molecular weight is 531 g/mol. The predicted octanol–water partition coefficient (Wildman–Crippen LogP) is 1.67. The minimum atomic E-state index is -1.18. The van der Waals surface area contributed by atoms with E-state index in [-0.39, 0.29) is 22.2 Å². The number of carbonyl (C=O) groups is 3. The van der Waals surface area contributed by atoms with Crippen molar-refractivity contribution in [3.63, 3.8) is 0 Å². The summed E-state index contributed by atoms with van der Waals surface area (Å²) in [5.74, 6) is -1.95. The maximum atomic E-state index is 13.0. The van der Waals surface area contributed by atoms with Gasteiger partial charge in [0, 0.05) is 33.5 Å². The molecular formula is C21H18N6O5S3. The van der Waals surface area contributed by atoms with Crippen molar-refractivity contribution in [2.24, 2.45) is 5.16 Å². The van der Waals surface area contributed by atoms with E-state index in [0.29, 0.717) is 17.7 Å². The molecule has 1 unspecified atom stereocenters. The lowest BCUT2D eigenvalue weighted by Crippen LogP contribution is -2.71. The number of fused-ring (bicyclic) bond motifs is 2. The number of thioether (sulfide) groups is 1. The summed E-state index contributed by atoms with van der Waals surface area (Å²) in [6, 6.07) is 0.951. The molecule has 5 heterocycles. The van der Waals surface area contributed by atoms with Gasteiger partial charge in [-0.2, -0.15) is 0 Å². The predicted molar refractivity (Wildman–Crippen MR) is 133 cm³/mol. The molecule has 3 aromatic heterocycles. The van der Waals surface area contributed by atoms with Gasteiger partial charge in [0.15, 0.2) is 10.8 Å². The fourth-order valence-electron chi connectivity index (χ4n) is 4.03. The number of nitrogens with zero attached hydrogens (tertiary/aromatic N) is 4. The molecule has 4 N–H and O–H groups in total. The number of hydrogen-bond donors (Lipinski definition) is 3. The molecule has 3 aromatic rings. The highest BCUT2D eigenvalue weighted by atomic mass is 32.2. The normalized spacial score (nSPS) is 20.0. The van der Waals surface area contributed by atoms with E-state index in [4.69, 9.17) is 10.6 Å². The number of nitrogen functional groups attached to an aromatic ring is 1. The third-order valence-electron chi connectivity index (χ3n) is 5.58. The van der Waals surface area contributed by atoms with Crippen LogP contribution in [0.15, 0.2) is 44.8 Å². The summed E-state index contributed by atoms with van der Waals surface area (Å²) >= 11 is 4.06. The number of nitrogens with two attached hydrogens (primary N) is 1. The van der Waals surface area contributed by atoms with E-state index in [1.54, 1.807) is 11.6 Å². The van der Waals surface area contributed by atoms with Gasteiger partial charge in [-0.3, -0.25) is 19.5 Å². The summed E-state index contributed by atoms with van der Waals surface area (Å²) in [6.45, 7) is 0. The van der Waals surface area contributed by atoms with Gasteiger partial charge in [-0.15, -0.1) is 34.4 Å². The number of amides is 2. The van der Waals surface area contributed by atoms with E-state index in [2.05, 4.69) is 20.4 Å². The fourth-order valence-corrected chi connectivity index (χ4v) is 6.72. The first-order valence-corrected chi connectivity index (χ1v) is 13.1. The number of carboxylic acid groups (broad SMARTS) is 1. The number of thiazole rings is 1. The zero-order valence-corrected chi connectivity index (χ0v) is 20.6. The monoisotopic (exact) mass is 530 g/mol. The number of oxime groups is 1. The van der Waals surface area contributed by atoms with Gasteiger partial charge in [0.25, 0.3) is 11.8 Å². The molecule has 1 saturated heterocycles. The number of rotatable bonds is 7. The Balaban J connectivity index is 1.38. The molecule has 180 valence electrons. The summed E-state index contributed by atoms with van der Waals surface area (Å²) in [5.41, 5.74) is 8.14. The Kier molecular flexibility index (Phi) is 6.17. The van der Waals surface area contributed by atoms with Crippen molar-refractivity contribution in [2.45, 2.75) is 17.8 Å². The topological polar surface area (TPSA) is 160 Å².